The first-order valence-electron chi connectivity index (χ1n) is 6.20. The lowest BCUT2D eigenvalue weighted by molar-refractivity contribution is 0.261. The predicted octanol–water partition coefficient (Wildman–Crippen LogP) is 3.80. The molecule has 0 aliphatic carbocycles. The molecular weight excluding hydrogens is 326 g/mol. The van der Waals surface area contributed by atoms with Crippen molar-refractivity contribution >= 4 is 40.7 Å². The van der Waals surface area contributed by atoms with Gasteiger partial charge in [-0.3, -0.25) is 5.32 Å². The van der Waals surface area contributed by atoms with E-state index in [2.05, 4.69) is 25.8 Å². The van der Waals surface area contributed by atoms with Gasteiger partial charge >= 0.3 is 12.0 Å². The maximum atomic E-state index is 11.8. The summed E-state index contributed by atoms with van der Waals surface area (Å²) in [5, 5.41) is 16.0. The molecule has 2 aromatic heterocycles. The molecule has 0 saturated heterocycles. The number of urea groups is 1. The zero-order valence-electron chi connectivity index (χ0n) is 11.3. The van der Waals surface area contributed by atoms with Crippen LogP contribution in [0.4, 0.5) is 16.5 Å². The smallest absolute Gasteiger partial charge is 0.327 e. The summed E-state index contributed by atoms with van der Waals surface area (Å²) in [5.74, 6) is 0.256. The molecule has 0 bridgehead atoms. The SMILES string of the molecule is Cc1nc(-c2nnc(NC(=O)Nc3ccc(Cl)cc3)o2)cs1. The second-order valence-electron chi connectivity index (χ2n) is 4.25. The van der Waals surface area contributed by atoms with Crippen LogP contribution < -0.4 is 10.6 Å². The molecule has 0 radical (unpaired) electrons. The molecule has 2 N–H and O–H groups in total. The minimum absolute atomic E-state index is 0.00730. The van der Waals surface area contributed by atoms with Crippen LogP contribution in [-0.4, -0.2) is 21.2 Å². The first kappa shape index (κ1) is 14.5. The van der Waals surface area contributed by atoms with E-state index in [1.54, 1.807) is 29.6 Å². The molecule has 0 unspecified atom stereocenters. The normalized spacial score (nSPS) is 10.5. The van der Waals surface area contributed by atoms with E-state index in [0.717, 1.165) is 5.01 Å². The molecule has 0 aliphatic rings. The van der Waals surface area contributed by atoms with Gasteiger partial charge in [-0.05, 0) is 31.2 Å². The molecule has 7 nitrogen and oxygen atoms in total. The van der Waals surface area contributed by atoms with Crippen LogP contribution in [0.3, 0.4) is 0 Å². The highest BCUT2D eigenvalue weighted by molar-refractivity contribution is 7.09. The van der Waals surface area contributed by atoms with Gasteiger partial charge in [0.1, 0.15) is 5.69 Å². The van der Waals surface area contributed by atoms with Gasteiger partial charge in [-0.1, -0.05) is 16.7 Å². The number of thiazole rings is 1. The Bertz CT molecular complexity index is 799. The number of hydrogen-bond donors (Lipinski definition) is 2. The molecule has 22 heavy (non-hydrogen) atoms. The van der Waals surface area contributed by atoms with Crippen molar-refractivity contribution in [2.75, 3.05) is 10.6 Å². The van der Waals surface area contributed by atoms with Crippen molar-refractivity contribution in [3.63, 3.8) is 0 Å². The van der Waals surface area contributed by atoms with Crippen LogP contribution in [0.2, 0.25) is 5.02 Å². The molecule has 0 aliphatic heterocycles. The summed E-state index contributed by atoms with van der Waals surface area (Å²) < 4.78 is 5.34. The summed E-state index contributed by atoms with van der Waals surface area (Å²) in [5.41, 5.74) is 1.18. The number of hydrogen-bond acceptors (Lipinski definition) is 6. The fourth-order valence-electron chi connectivity index (χ4n) is 1.63. The number of carbonyl (C=O) groups excluding carboxylic acids is 1. The number of amides is 2. The molecule has 3 rings (SSSR count). The Morgan fingerprint density at radius 1 is 1.23 bits per heavy atom. The second kappa shape index (κ2) is 6.12. The lowest BCUT2D eigenvalue weighted by Crippen LogP contribution is -2.19. The molecule has 2 heterocycles. The predicted molar refractivity (Wildman–Crippen MR) is 84.2 cm³/mol. The van der Waals surface area contributed by atoms with Crippen LogP contribution in [0.1, 0.15) is 5.01 Å². The number of anilines is 2. The number of halogens is 1. The highest BCUT2D eigenvalue weighted by Gasteiger charge is 2.13. The summed E-state index contributed by atoms with van der Waals surface area (Å²) >= 11 is 7.25. The lowest BCUT2D eigenvalue weighted by atomic mass is 10.3. The molecule has 1 aromatic carbocycles. The molecule has 0 spiro atoms. The molecule has 2 amide bonds. The van der Waals surface area contributed by atoms with Crippen molar-refractivity contribution < 1.29 is 9.21 Å². The van der Waals surface area contributed by atoms with Crippen molar-refractivity contribution in [3.8, 4) is 11.6 Å². The number of nitrogens with one attached hydrogen (secondary N) is 2. The van der Waals surface area contributed by atoms with E-state index in [1.807, 2.05) is 6.92 Å². The van der Waals surface area contributed by atoms with Gasteiger partial charge in [0.25, 0.3) is 5.89 Å². The van der Waals surface area contributed by atoms with E-state index >= 15 is 0 Å². The molecule has 3 aromatic rings. The zero-order chi connectivity index (χ0) is 15.5. The fourth-order valence-corrected chi connectivity index (χ4v) is 2.34. The highest BCUT2D eigenvalue weighted by Crippen LogP contribution is 2.21. The van der Waals surface area contributed by atoms with Gasteiger partial charge in [0.05, 0.1) is 5.01 Å². The van der Waals surface area contributed by atoms with Gasteiger partial charge in [0, 0.05) is 16.1 Å². The number of aromatic nitrogens is 3. The zero-order valence-corrected chi connectivity index (χ0v) is 12.9. The largest absolute Gasteiger partial charge is 0.401 e. The van der Waals surface area contributed by atoms with Gasteiger partial charge in [-0.15, -0.1) is 16.4 Å². The van der Waals surface area contributed by atoms with Crippen LogP contribution >= 0.6 is 22.9 Å². The molecular formula is C13H10ClN5O2S. The van der Waals surface area contributed by atoms with Crippen LogP contribution in [0.5, 0.6) is 0 Å². The Morgan fingerprint density at radius 3 is 2.68 bits per heavy atom. The summed E-state index contributed by atoms with van der Waals surface area (Å²) in [7, 11) is 0. The Kier molecular flexibility index (Phi) is 4.03. The van der Waals surface area contributed by atoms with Crippen molar-refractivity contribution in [3.05, 3.63) is 39.7 Å². The molecule has 112 valence electrons. The molecule has 0 saturated carbocycles. The maximum Gasteiger partial charge on any atom is 0.327 e. The average molecular weight is 336 g/mol. The van der Waals surface area contributed by atoms with E-state index in [0.29, 0.717) is 16.4 Å². The van der Waals surface area contributed by atoms with Crippen LogP contribution in [0, 0.1) is 6.92 Å². The van der Waals surface area contributed by atoms with Gasteiger partial charge in [-0.25, -0.2) is 9.78 Å². The number of carbonyl (C=O) groups is 1. The van der Waals surface area contributed by atoms with Crippen molar-refractivity contribution in [2.24, 2.45) is 0 Å². The third-order valence-electron chi connectivity index (χ3n) is 2.59. The molecule has 9 heteroatoms. The summed E-state index contributed by atoms with van der Waals surface area (Å²) in [6.07, 6.45) is 0. The van der Waals surface area contributed by atoms with E-state index in [9.17, 15) is 4.79 Å². The Morgan fingerprint density at radius 2 is 2.00 bits per heavy atom. The van der Waals surface area contributed by atoms with Gasteiger partial charge in [0.2, 0.25) is 0 Å². The molecule has 0 fully saturated rings. The van der Waals surface area contributed by atoms with Crippen LogP contribution in [0.15, 0.2) is 34.1 Å². The van der Waals surface area contributed by atoms with Crippen molar-refractivity contribution in [1.82, 2.24) is 15.2 Å². The first-order chi connectivity index (χ1) is 10.6. The minimum atomic E-state index is -0.494. The van der Waals surface area contributed by atoms with Gasteiger partial charge in [-0.2, -0.15) is 0 Å². The Labute approximate surface area is 134 Å². The Balaban J connectivity index is 1.64. The summed E-state index contributed by atoms with van der Waals surface area (Å²) in [6, 6.07) is 6.21. The highest BCUT2D eigenvalue weighted by atomic mass is 35.5. The number of nitrogens with zero attached hydrogens (tertiary/aromatic N) is 3. The van der Waals surface area contributed by atoms with E-state index in [-0.39, 0.29) is 11.9 Å². The topological polar surface area (TPSA) is 92.9 Å². The van der Waals surface area contributed by atoms with Crippen LogP contribution in [0.25, 0.3) is 11.6 Å². The van der Waals surface area contributed by atoms with E-state index in [1.165, 1.54) is 11.3 Å². The molecule has 0 atom stereocenters. The standard InChI is InChI=1S/C13H10ClN5O2S/c1-7-15-10(6-22-7)11-18-19-13(21-11)17-12(20)16-9-4-2-8(14)3-5-9/h2-6H,1H3,(H2,16,17,19,20). The maximum absolute atomic E-state index is 11.8. The van der Waals surface area contributed by atoms with Gasteiger partial charge in [0.15, 0.2) is 0 Å². The van der Waals surface area contributed by atoms with E-state index < -0.39 is 6.03 Å². The Hall–Kier alpha value is -2.45. The minimum Gasteiger partial charge on any atom is -0.401 e. The number of rotatable bonds is 3. The third kappa shape index (κ3) is 3.41. The quantitative estimate of drug-likeness (QED) is 0.759. The van der Waals surface area contributed by atoms with Crippen molar-refractivity contribution in [2.45, 2.75) is 6.92 Å². The first-order valence-corrected chi connectivity index (χ1v) is 7.45. The summed E-state index contributed by atoms with van der Waals surface area (Å²) in [4.78, 5) is 16.1. The van der Waals surface area contributed by atoms with Crippen molar-refractivity contribution in [1.29, 1.82) is 0 Å². The van der Waals surface area contributed by atoms with Crippen LogP contribution in [-0.2, 0) is 0 Å². The number of aryl methyl sites for hydroxylation is 1. The van der Waals surface area contributed by atoms with Gasteiger partial charge < -0.3 is 9.73 Å². The lowest BCUT2D eigenvalue weighted by Gasteiger charge is -2.04. The average Bonchev–Trinajstić information content (AvgIpc) is 3.10. The third-order valence-corrected chi connectivity index (χ3v) is 3.61. The van der Waals surface area contributed by atoms with E-state index in [4.69, 9.17) is 16.0 Å². The monoisotopic (exact) mass is 335 g/mol. The summed E-state index contributed by atoms with van der Waals surface area (Å²) in [6.45, 7) is 1.88. The second-order valence-corrected chi connectivity index (χ2v) is 5.75. The number of benzene rings is 1. The fraction of sp³-hybridized carbons (Fsp3) is 0.0769.